The van der Waals surface area contributed by atoms with E-state index >= 15 is 0 Å². The van der Waals surface area contributed by atoms with Gasteiger partial charge in [0.25, 0.3) is 5.91 Å². The van der Waals surface area contributed by atoms with Crippen molar-refractivity contribution >= 4 is 44.0 Å². The molecule has 0 bridgehead atoms. The molecule has 2 aromatic rings. The van der Waals surface area contributed by atoms with Crippen molar-refractivity contribution in [2.45, 2.75) is 6.61 Å². The predicted molar refractivity (Wildman–Crippen MR) is 116 cm³/mol. The van der Waals surface area contributed by atoms with Crippen LogP contribution in [0.4, 0.5) is 0 Å². The van der Waals surface area contributed by atoms with E-state index in [2.05, 4.69) is 42.4 Å². The highest BCUT2D eigenvalue weighted by atomic mass is 79.9. The number of ether oxygens (including phenoxy) is 2. The number of nitrogens with one attached hydrogen (secondary N) is 1. The number of morpholine rings is 1. The number of carbonyl (C=O) groups excluding carboxylic acids is 1. The average molecular weight is 511 g/mol. The lowest BCUT2D eigenvalue weighted by atomic mass is 10.2. The van der Waals surface area contributed by atoms with Crippen molar-refractivity contribution in [1.82, 2.24) is 10.3 Å². The van der Waals surface area contributed by atoms with Gasteiger partial charge in [0.1, 0.15) is 12.4 Å². The molecule has 0 unspecified atom stereocenters. The zero-order chi connectivity index (χ0) is 19.8. The van der Waals surface area contributed by atoms with Gasteiger partial charge in [-0.3, -0.25) is 9.69 Å². The molecule has 0 radical (unpaired) electrons. The van der Waals surface area contributed by atoms with Gasteiger partial charge in [-0.2, -0.15) is 5.10 Å². The minimum Gasteiger partial charge on any atom is -0.487 e. The number of nitrogens with zero attached hydrogens (tertiary/aromatic N) is 2. The molecule has 1 heterocycles. The molecule has 1 N–H and O–H groups in total. The summed E-state index contributed by atoms with van der Waals surface area (Å²) in [4.78, 5) is 14.0. The molecule has 28 heavy (non-hydrogen) atoms. The fourth-order valence-corrected chi connectivity index (χ4v) is 4.15. The van der Waals surface area contributed by atoms with E-state index in [1.807, 2.05) is 47.4 Å². The molecule has 0 aliphatic carbocycles. The molecule has 148 valence electrons. The maximum absolute atomic E-state index is 12.0. The molecular weight excluding hydrogens is 490 g/mol. The lowest BCUT2D eigenvalue weighted by Crippen LogP contribution is -2.42. The van der Waals surface area contributed by atoms with E-state index in [0.29, 0.717) is 26.4 Å². The van der Waals surface area contributed by atoms with E-state index in [1.54, 1.807) is 6.21 Å². The zero-order valence-corrected chi connectivity index (χ0v) is 18.4. The molecular formula is C20H21Br2N3O3. The summed E-state index contributed by atoms with van der Waals surface area (Å²) in [5.41, 5.74) is 4.49. The molecule has 1 aliphatic rings. The van der Waals surface area contributed by atoms with Crippen LogP contribution in [-0.4, -0.2) is 49.9 Å². The minimum absolute atomic E-state index is 0.140. The molecule has 1 amide bonds. The first kappa shape index (κ1) is 21.0. The normalized spacial score (nSPS) is 14.9. The monoisotopic (exact) mass is 509 g/mol. The SMILES string of the molecule is O=C(CN1CCOCC1)NN=Cc1cc(Br)c(OCc2ccccc2)c(Br)c1. The quantitative estimate of drug-likeness (QED) is 0.457. The van der Waals surface area contributed by atoms with Gasteiger partial charge in [-0.05, 0) is 55.1 Å². The van der Waals surface area contributed by atoms with Crippen molar-refractivity contribution in [3.8, 4) is 5.75 Å². The van der Waals surface area contributed by atoms with Gasteiger partial charge in [0.2, 0.25) is 0 Å². The minimum atomic E-state index is -0.140. The molecule has 0 spiro atoms. The molecule has 0 aromatic heterocycles. The Bertz CT molecular complexity index is 802. The summed E-state index contributed by atoms with van der Waals surface area (Å²) in [6, 6.07) is 13.8. The van der Waals surface area contributed by atoms with E-state index in [-0.39, 0.29) is 5.91 Å². The molecule has 1 saturated heterocycles. The van der Waals surface area contributed by atoms with Crippen molar-refractivity contribution in [2.24, 2.45) is 5.10 Å². The van der Waals surface area contributed by atoms with Crippen molar-refractivity contribution in [2.75, 3.05) is 32.8 Å². The van der Waals surface area contributed by atoms with Gasteiger partial charge in [-0.15, -0.1) is 0 Å². The van der Waals surface area contributed by atoms with Crippen LogP contribution in [0.2, 0.25) is 0 Å². The first-order chi connectivity index (χ1) is 13.6. The van der Waals surface area contributed by atoms with E-state index in [1.165, 1.54) is 0 Å². The second-order valence-electron chi connectivity index (χ2n) is 6.27. The van der Waals surface area contributed by atoms with Crippen molar-refractivity contribution < 1.29 is 14.3 Å². The Hall–Kier alpha value is -1.74. The Labute approximate surface area is 181 Å². The van der Waals surface area contributed by atoms with Crippen LogP contribution in [-0.2, 0) is 16.1 Å². The lowest BCUT2D eigenvalue weighted by Gasteiger charge is -2.25. The Morgan fingerprint density at radius 3 is 2.54 bits per heavy atom. The van der Waals surface area contributed by atoms with Crippen LogP contribution in [0.3, 0.4) is 0 Å². The third kappa shape index (κ3) is 6.41. The topological polar surface area (TPSA) is 63.2 Å². The van der Waals surface area contributed by atoms with Crippen molar-refractivity contribution in [3.63, 3.8) is 0 Å². The highest BCUT2D eigenvalue weighted by Crippen LogP contribution is 2.35. The number of hydrogen-bond acceptors (Lipinski definition) is 5. The van der Waals surface area contributed by atoms with Gasteiger partial charge in [0.05, 0.1) is 34.9 Å². The van der Waals surface area contributed by atoms with Crippen molar-refractivity contribution in [3.05, 3.63) is 62.5 Å². The van der Waals surface area contributed by atoms with E-state index in [0.717, 1.165) is 38.9 Å². The third-order valence-corrected chi connectivity index (χ3v) is 5.30. The molecule has 3 rings (SSSR count). The average Bonchev–Trinajstić information content (AvgIpc) is 2.69. The van der Waals surface area contributed by atoms with Gasteiger partial charge in [-0.1, -0.05) is 30.3 Å². The first-order valence-electron chi connectivity index (χ1n) is 8.89. The number of carbonyl (C=O) groups is 1. The fourth-order valence-electron chi connectivity index (χ4n) is 2.70. The highest BCUT2D eigenvalue weighted by Gasteiger charge is 2.13. The summed E-state index contributed by atoms with van der Waals surface area (Å²) in [5.74, 6) is 0.580. The van der Waals surface area contributed by atoms with Gasteiger partial charge >= 0.3 is 0 Å². The summed E-state index contributed by atoms with van der Waals surface area (Å²) in [6.07, 6.45) is 1.60. The number of rotatable bonds is 7. The third-order valence-electron chi connectivity index (χ3n) is 4.12. The predicted octanol–water partition coefficient (Wildman–Crippen LogP) is 3.57. The molecule has 6 nitrogen and oxygen atoms in total. The second-order valence-corrected chi connectivity index (χ2v) is 7.98. The van der Waals surface area contributed by atoms with Gasteiger partial charge in [0, 0.05) is 13.1 Å². The fraction of sp³-hybridized carbons (Fsp3) is 0.300. The number of halogens is 2. The largest absolute Gasteiger partial charge is 0.487 e. The maximum Gasteiger partial charge on any atom is 0.254 e. The van der Waals surface area contributed by atoms with Crippen LogP contribution in [0.25, 0.3) is 0 Å². The first-order valence-corrected chi connectivity index (χ1v) is 10.5. The van der Waals surface area contributed by atoms with E-state index < -0.39 is 0 Å². The van der Waals surface area contributed by atoms with Crippen LogP contribution in [0.15, 0.2) is 56.5 Å². The Morgan fingerprint density at radius 2 is 1.86 bits per heavy atom. The smallest absolute Gasteiger partial charge is 0.254 e. The van der Waals surface area contributed by atoms with Crippen LogP contribution in [0.1, 0.15) is 11.1 Å². The molecule has 8 heteroatoms. The van der Waals surface area contributed by atoms with Crippen LogP contribution in [0.5, 0.6) is 5.75 Å². The van der Waals surface area contributed by atoms with Crippen LogP contribution in [0, 0.1) is 0 Å². The Balaban J connectivity index is 1.54. The molecule has 0 saturated carbocycles. The zero-order valence-electron chi connectivity index (χ0n) is 15.2. The number of benzene rings is 2. The Morgan fingerprint density at radius 1 is 1.18 bits per heavy atom. The molecule has 1 aliphatic heterocycles. The van der Waals surface area contributed by atoms with E-state index in [4.69, 9.17) is 9.47 Å². The summed E-state index contributed by atoms with van der Waals surface area (Å²) in [6.45, 7) is 3.65. The Kier molecular flexibility index (Phi) is 8.02. The van der Waals surface area contributed by atoms with Gasteiger partial charge in [0.15, 0.2) is 0 Å². The second kappa shape index (κ2) is 10.7. The van der Waals surface area contributed by atoms with Crippen molar-refractivity contribution in [1.29, 1.82) is 0 Å². The summed E-state index contributed by atoms with van der Waals surface area (Å²) < 4.78 is 12.8. The summed E-state index contributed by atoms with van der Waals surface area (Å²) in [7, 11) is 0. The molecule has 2 aromatic carbocycles. The maximum atomic E-state index is 12.0. The van der Waals surface area contributed by atoms with Crippen LogP contribution < -0.4 is 10.2 Å². The van der Waals surface area contributed by atoms with Gasteiger partial charge in [-0.25, -0.2) is 5.43 Å². The van der Waals surface area contributed by atoms with E-state index in [9.17, 15) is 4.79 Å². The number of amides is 1. The highest BCUT2D eigenvalue weighted by molar-refractivity contribution is 9.11. The number of hydrogen-bond donors (Lipinski definition) is 1. The number of hydrazone groups is 1. The summed E-state index contributed by atoms with van der Waals surface area (Å²) in [5, 5.41) is 4.05. The van der Waals surface area contributed by atoms with Gasteiger partial charge < -0.3 is 9.47 Å². The van der Waals surface area contributed by atoms with Crippen LogP contribution >= 0.6 is 31.9 Å². The standard InChI is InChI=1S/C20H21Br2N3O3/c21-17-10-16(12-23-24-19(26)13-25-6-8-27-9-7-25)11-18(22)20(17)28-14-15-4-2-1-3-5-15/h1-5,10-12H,6-9,13-14H2,(H,24,26). The molecule has 1 fully saturated rings. The molecule has 0 atom stereocenters. The lowest BCUT2D eigenvalue weighted by molar-refractivity contribution is -0.123. The summed E-state index contributed by atoms with van der Waals surface area (Å²) >= 11 is 7.07.